The number of anilines is 2. The van der Waals surface area contributed by atoms with Crippen LogP contribution in [0, 0.1) is 13.8 Å². The third kappa shape index (κ3) is 4.05. The predicted molar refractivity (Wildman–Crippen MR) is 119 cm³/mol. The summed E-state index contributed by atoms with van der Waals surface area (Å²) in [5.74, 6) is 0.452. The van der Waals surface area contributed by atoms with E-state index in [1.807, 2.05) is 91.5 Å². The van der Waals surface area contributed by atoms with Gasteiger partial charge in [0.25, 0.3) is 5.91 Å². The molecule has 1 aliphatic rings. The highest BCUT2D eigenvalue weighted by molar-refractivity contribution is 8.00. The number of amides is 2. The molecule has 0 aliphatic carbocycles. The van der Waals surface area contributed by atoms with Crippen LogP contribution in [0.2, 0.25) is 0 Å². The standard InChI is InChI=1S/C24H22N2O2S/c1-16-7-13-20(14-8-16)26-22(27)15-29-24(26)18-9-11-19(12-10-18)25-23(28)21-6-4-3-5-17(21)2/h3-14,24H,15H2,1-2H3,(H,25,28). The van der Waals surface area contributed by atoms with Crippen molar-refractivity contribution in [2.75, 3.05) is 16.0 Å². The van der Waals surface area contributed by atoms with Gasteiger partial charge >= 0.3 is 0 Å². The maximum atomic E-state index is 12.5. The van der Waals surface area contributed by atoms with E-state index in [4.69, 9.17) is 0 Å². The monoisotopic (exact) mass is 402 g/mol. The van der Waals surface area contributed by atoms with Crippen molar-refractivity contribution >= 4 is 35.0 Å². The van der Waals surface area contributed by atoms with Crippen molar-refractivity contribution < 1.29 is 9.59 Å². The van der Waals surface area contributed by atoms with E-state index in [-0.39, 0.29) is 17.2 Å². The van der Waals surface area contributed by atoms with Crippen LogP contribution in [0.25, 0.3) is 0 Å². The second-order valence-electron chi connectivity index (χ2n) is 7.15. The van der Waals surface area contributed by atoms with Gasteiger partial charge in [-0.1, -0.05) is 48.0 Å². The lowest BCUT2D eigenvalue weighted by Crippen LogP contribution is -2.27. The first kappa shape index (κ1) is 19.3. The minimum absolute atomic E-state index is 0.0636. The highest BCUT2D eigenvalue weighted by Gasteiger charge is 2.33. The maximum Gasteiger partial charge on any atom is 0.255 e. The highest BCUT2D eigenvalue weighted by Crippen LogP contribution is 2.41. The second-order valence-corrected chi connectivity index (χ2v) is 8.22. The van der Waals surface area contributed by atoms with Gasteiger partial charge in [-0.2, -0.15) is 0 Å². The molecule has 1 unspecified atom stereocenters. The lowest BCUT2D eigenvalue weighted by Gasteiger charge is -2.24. The van der Waals surface area contributed by atoms with Crippen LogP contribution in [0.4, 0.5) is 11.4 Å². The third-order valence-electron chi connectivity index (χ3n) is 5.02. The average Bonchev–Trinajstić information content (AvgIpc) is 3.11. The summed E-state index contributed by atoms with van der Waals surface area (Å²) in [7, 11) is 0. The molecule has 146 valence electrons. The fourth-order valence-electron chi connectivity index (χ4n) is 3.41. The molecule has 3 aromatic carbocycles. The molecular weight excluding hydrogens is 380 g/mol. The number of hydrogen-bond acceptors (Lipinski definition) is 3. The zero-order valence-electron chi connectivity index (χ0n) is 16.4. The number of carbonyl (C=O) groups is 2. The summed E-state index contributed by atoms with van der Waals surface area (Å²) in [6.45, 7) is 3.96. The van der Waals surface area contributed by atoms with E-state index in [0.29, 0.717) is 11.3 Å². The van der Waals surface area contributed by atoms with Crippen molar-refractivity contribution in [2.45, 2.75) is 19.2 Å². The van der Waals surface area contributed by atoms with Crippen molar-refractivity contribution in [3.05, 3.63) is 95.1 Å². The number of hydrogen-bond donors (Lipinski definition) is 1. The van der Waals surface area contributed by atoms with Crippen LogP contribution < -0.4 is 10.2 Å². The molecule has 4 rings (SSSR count). The molecule has 1 N–H and O–H groups in total. The smallest absolute Gasteiger partial charge is 0.255 e. The van der Waals surface area contributed by atoms with Crippen molar-refractivity contribution in [3.63, 3.8) is 0 Å². The predicted octanol–water partition coefficient (Wildman–Crippen LogP) is 5.33. The molecule has 3 aromatic rings. The molecule has 5 heteroatoms. The molecule has 0 bridgehead atoms. The summed E-state index contributed by atoms with van der Waals surface area (Å²) in [5, 5.41) is 2.88. The Labute approximate surface area is 174 Å². The lowest BCUT2D eigenvalue weighted by molar-refractivity contribution is -0.115. The lowest BCUT2D eigenvalue weighted by atomic mass is 10.1. The zero-order chi connectivity index (χ0) is 20.4. The maximum absolute atomic E-state index is 12.5. The number of rotatable bonds is 4. The van der Waals surface area contributed by atoms with Crippen molar-refractivity contribution in [1.29, 1.82) is 0 Å². The summed E-state index contributed by atoms with van der Waals surface area (Å²) in [4.78, 5) is 26.9. The van der Waals surface area contributed by atoms with Gasteiger partial charge in [0, 0.05) is 16.9 Å². The summed E-state index contributed by atoms with van der Waals surface area (Å²) in [5.41, 5.74) is 5.45. The van der Waals surface area contributed by atoms with Gasteiger partial charge in [0.05, 0.1) is 5.75 Å². The Morgan fingerprint density at radius 1 is 0.966 bits per heavy atom. The number of carbonyl (C=O) groups excluding carboxylic acids is 2. The van der Waals surface area contributed by atoms with Crippen LogP contribution in [0.5, 0.6) is 0 Å². The third-order valence-corrected chi connectivity index (χ3v) is 6.24. The number of thioether (sulfide) groups is 1. The zero-order valence-corrected chi connectivity index (χ0v) is 17.2. The molecule has 0 spiro atoms. The van der Waals surface area contributed by atoms with Crippen LogP contribution in [0.3, 0.4) is 0 Å². The Morgan fingerprint density at radius 2 is 1.66 bits per heavy atom. The van der Waals surface area contributed by atoms with E-state index in [0.717, 1.165) is 22.5 Å². The first-order valence-corrected chi connectivity index (χ1v) is 10.5. The van der Waals surface area contributed by atoms with Gasteiger partial charge in [-0.25, -0.2) is 0 Å². The molecule has 1 heterocycles. The topological polar surface area (TPSA) is 49.4 Å². The van der Waals surface area contributed by atoms with Gasteiger partial charge in [0.1, 0.15) is 5.37 Å². The van der Waals surface area contributed by atoms with E-state index in [9.17, 15) is 9.59 Å². The Morgan fingerprint density at radius 3 is 2.34 bits per heavy atom. The molecule has 29 heavy (non-hydrogen) atoms. The van der Waals surface area contributed by atoms with Gasteiger partial charge in [-0.05, 0) is 55.3 Å². The largest absolute Gasteiger partial charge is 0.322 e. The molecule has 0 radical (unpaired) electrons. The number of nitrogens with zero attached hydrogens (tertiary/aromatic N) is 1. The van der Waals surface area contributed by atoms with Gasteiger partial charge in [-0.3, -0.25) is 14.5 Å². The average molecular weight is 403 g/mol. The fourth-order valence-corrected chi connectivity index (χ4v) is 4.59. The molecule has 1 atom stereocenters. The molecule has 2 amide bonds. The number of nitrogens with one attached hydrogen (secondary N) is 1. The van der Waals surface area contributed by atoms with Crippen LogP contribution in [0.1, 0.15) is 32.4 Å². The highest BCUT2D eigenvalue weighted by atomic mass is 32.2. The van der Waals surface area contributed by atoms with Crippen molar-refractivity contribution in [3.8, 4) is 0 Å². The Kier molecular flexibility index (Phi) is 5.41. The minimum atomic E-state index is -0.123. The summed E-state index contributed by atoms with van der Waals surface area (Å²) < 4.78 is 0. The van der Waals surface area contributed by atoms with E-state index in [1.165, 1.54) is 5.56 Å². The molecule has 1 saturated heterocycles. The molecule has 1 fully saturated rings. The number of benzene rings is 3. The Bertz CT molecular complexity index is 1050. The molecule has 4 nitrogen and oxygen atoms in total. The summed E-state index contributed by atoms with van der Waals surface area (Å²) in [6, 6.07) is 23.3. The quantitative estimate of drug-likeness (QED) is 0.641. The van der Waals surface area contributed by atoms with E-state index >= 15 is 0 Å². The summed E-state index contributed by atoms with van der Waals surface area (Å²) >= 11 is 1.62. The molecule has 0 saturated carbocycles. The van der Waals surface area contributed by atoms with Crippen LogP contribution in [-0.2, 0) is 4.79 Å². The Balaban J connectivity index is 1.52. The van der Waals surface area contributed by atoms with Crippen LogP contribution >= 0.6 is 11.8 Å². The molecular formula is C24H22N2O2S. The van der Waals surface area contributed by atoms with Crippen LogP contribution in [-0.4, -0.2) is 17.6 Å². The van der Waals surface area contributed by atoms with Crippen molar-refractivity contribution in [2.24, 2.45) is 0 Å². The molecule has 1 aliphatic heterocycles. The normalized spacial score (nSPS) is 16.1. The second kappa shape index (κ2) is 8.13. The first-order chi connectivity index (χ1) is 14.0. The van der Waals surface area contributed by atoms with Crippen molar-refractivity contribution in [1.82, 2.24) is 0 Å². The van der Waals surface area contributed by atoms with E-state index in [2.05, 4.69) is 5.32 Å². The summed E-state index contributed by atoms with van der Waals surface area (Å²) in [6.07, 6.45) is 0. The van der Waals surface area contributed by atoms with Gasteiger partial charge < -0.3 is 5.32 Å². The van der Waals surface area contributed by atoms with Gasteiger partial charge in [0.2, 0.25) is 5.91 Å². The number of aryl methyl sites for hydroxylation is 2. The first-order valence-electron chi connectivity index (χ1n) is 9.50. The van der Waals surface area contributed by atoms with Crippen LogP contribution in [0.15, 0.2) is 72.8 Å². The van der Waals surface area contributed by atoms with Gasteiger partial charge in [0.15, 0.2) is 0 Å². The fraction of sp³-hybridized carbons (Fsp3) is 0.167. The Hall–Kier alpha value is -3.05. The van der Waals surface area contributed by atoms with Gasteiger partial charge in [-0.15, -0.1) is 11.8 Å². The van der Waals surface area contributed by atoms with E-state index < -0.39 is 0 Å². The SMILES string of the molecule is Cc1ccc(N2C(=O)CSC2c2ccc(NC(=O)c3ccccc3C)cc2)cc1. The van der Waals surface area contributed by atoms with E-state index in [1.54, 1.807) is 11.8 Å². The minimum Gasteiger partial charge on any atom is -0.322 e. The molecule has 0 aromatic heterocycles.